The fraction of sp³-hybridized carbons (Fsp3) is 0.769. The summed E-state index contributed by atoms with van der Waals surface area (Å²) in [5, 5.41) is 6.95. The van der Waals surface area contributed by atoms with Crippen molar-refractivity contribution in [3.63, 3.8) is 0 Å². The number of nitrogens with one attached hydrogen (secondary N) is 1. The zero-order chi connectivity index (χ0) is 12.1. The Labute approximate surface area is 103 Å². The summed E-state index contributed by atoms with van der Waals surface area (Å²) in [6.45, 7) is 12.2. The maximum absolute atomic E-state index is 4.55. The van der Waals surface area contributed by atoms with Gasteiger partial charge in [-0.15, -0.1) is 11.3 Å². The number of aryl methyl sites for hydroxylation is 1. The van der Waals surface area contributed by atoms with Gasteiger partial charge in [-0.2, -0.15) is 0 Å². The first-order chi connectivity index (χ1) is 7.49. The van der Waals surface area contributed by atoms with Gasteiger partial charge in [0.1, 0.15) is 0 Å². The first-order valence-corrected chi connectivity index (χ1v) is 7.01. The van der Waals surface area contributed by atoms with Crippen LogP contribution in [0, 0.1) is 18.8 Å². The molecule has 0 amide bonds. The lowest BCUT2D eigenvalue weighted by Crippen LogP contribution is -2.32. The first-order valence-electron chi connectivity index (χ1n) is 6.13. The molecule has 0 bridgehead atoms. The second-order valence-corrected chi connectivity index (χ2v) is 6.10. The van der Waals surface area contributed by atoms with Gasteiger partial charge in [-0.25, -0.2) is 4.98 Å². The molecule has 1 heterocycles. The summed E-state index contributed by atoms with van der Waals surface area (Å²) < 4.78 is 0. The van der Waals surface area contributed by atoms with Gasteiger partial charge in [-0.1, -0.05) is 27.7 Å². The molecule has 2 nitrogen and oxygen atoms in total. The highest BCUT2D eigenvalue weighted by Gasteiger charge is 2.15. The summed E-state index contributed by atoms with van der Waals surface area (Å²) in [4.78, 5) is 4.55. The molecule has 0 spiro atoms. The van der Waals surface area contributed by atoms with E-state index in [1.165, 1.54) is 5.01 Å². The van der Waals surface area contributed by atoms with Gasteiger partial charge in [-0.3, -0.25) is 0 Å². The number of nitrogens with zero attached hydrogens (tertiary/aromatic N) is 1. The van der Waals surface area contributed by atoms with Crippen LogP contribution in [0.3, 0.4) is 0 Å². The monoisotopic (exact) mass is 240 g/mol. The lowest BCUT2D eigenvalue weighted by molar-refractivity contribution is 0.348. The molecule has 1 aromatic heterocycles. The Morgan fingerprint density at radius 1 is 1.31 bits per heavy atom. The third-order valence-electron chi connectivity index (χ3n) is 2.83. The van der Waals surface area contributed by atoms with Crippen molar-refractivity contribution < 1.29 is 0 Å². The molecule has 1 N–H and O–H groups in total. The Balaban J connectivity index is 2.51. The predicted molar refractivity (Wildman–Crippen MR) is 72.0 cm³/mol. The van der Waals surface area contributed by atoms with Crippen molar-refractivity contribution in [2.45, 2.75) is 47.1 Å². The highest BCUT2D eigenvalue weighted by molar-refractivity contribution is 7.09. The normalized spacial score (nSPS) is 13.7. The molecule has 16 heavy (non-hydrogen) atoms. The summed E-state index contributed by atoms with van der Waals surface area (Å²) in [6.07, 6.45) is 1.11. The van der Waals surface area contributed by atoms with E-state index in [0.717, 1.165) is 18.7 Å². The van der Waals surface area contributed by atoms with Gasteiger partial charge in [0.25, 0.3) is 0 Å². The number of rotatable bonds is 6. The van der Waals surface area contributed by atoms with Crippen molar-refractivity contribution in [3.05, 3.63) is 16.1 Å². The Bertz CT molecular complexity index is 305. The van der Waals surface area contributed by atoms with Crippen molar-refractivity contribution in [3.8, 4) is 0 Å². The van der Waals surface area contributed by atoms with Crippen molar-refractivity contribution >= 4 is 11.3 Å². The molecule has 0 fully saturated rings. The fourth-order valence-electron chi connectivity index (χ4n) is 1.65. The fourth-order valence-corrected chi connectivity index (χ4v) is 2.52. The summed E-state index contributed by atoms with van der Waals surface area (Å²) in [5.74, 6) is 1.39. The van der Waals surface area contributed by atoms with E-state index >= 15 is 0 Å². The minimum absolute atomic E-state index is 0.569. The van der Waals surface area contributed by atoms with Crippen molar-refractivity contribution in [2.75, 3.05) is 6.54 Å². The maximum Gasteiger partial charge on any atom is 0.0931 e. The highest BCUT2D eigenvalue weighted by atomic mass is 32.1. The molecule has 0 radical (unpaired) electrons. The topological polar surface area (TPSA) is 24.9 Å². The van der Waals surface area contributed by atoms with Crippen molar-refractivity contribution in [2.24, 2.45) is 11.8 Å². The Kier molecular flexibility index (Phi) is 5.42. The molecule has 0 aliphatic rings. The molecule has 1 atom stereocenters. The molecule has 3 heteroatoms. The van der Waals surface area contributed by atoms with Crippen molar-refractivity contribution in [1.82, 2.24) is 10.3 Å². The lowest BCUT2D eigenvalue weighted by Gasteiger charge is -2.21. The number of aromatic nitrogens is 1. The molecule has 0 aromatic carbocycles. The minimum atomic E-state index is 0.569. The van der Waals surface area contributed by atoms with Gasteiger partial charge in [0.2, 0.25) is 0 Å². The number of hydrogen-bond acceptors (Lipinski definition) is 3. The van der Waals surface area contributed by atoms with Crippen LogP contribution in [0.15, 0.2) is 5.38 Å². The minimum Gasteiger partial charge on any atom is -0.314 e. The van der Waals surface area contributed by atoms with Gasteiger partial charge in [0.15, 0.2) is 0 Å². The molecule has 1 unspecified atom stereocenters. The molecule has 92 valence electrons. The van der Waals surface area contributed by atoms with Crippen LogP contribution in [0.5, 0.6) is 0 Å². The molecule has 1 aromatic rings. The quantitative estimate of drug-likeness (QED) is 0.825. The predicted octanol–water partition coefficient (Wildman–Crippen LogP) is 3.26. The third kappa shape index (κ3) is 4.62. The first kappa shape index (κ1) is 13.7. The van der Waals surface area contributed by atoms with Gasteiger partial charge in [0, 0.05) is 23.5 Å². The van der Waals surface area contributed by atoms with Crippen LogP contribution in [-0.4, -0.2) is 17.6 Å². The SMILES string of the molecule is Cc1csc(CC(CNC(C)C)C(C)C)n1. The maximum atomic E-state index is 4.55. The Morgan fingerprint density at radius 3 is 2.44 bits per heavy atom. The summed E-state index contributed by atoms with van der Waals surface area (Å²) in [7, 11) is 0. The van der Waals surface area contributed by atoms with Crippen molar-refractivity contribution in [1.29, 1.82) is 0 Å². The van der Waals surface area contributed by atoms with Gasteiger partial charge < -0.3 is 5.32 Å². The molecule has 0 saturated heterocycles. The van der Waals surface area contributed by atoms with E-state index in [9.17, 15) is 0 Å². The third-order valence-corrected chi connectivity index (χ3v) is 3.82. The van der Waals surface area contributed by atoms with E-state index in [-0.39, 0.29) is 0 Å². The second-order valence-electron chi connectivity index (χ2n) is 5.15. The molecule has 1 rings (SSSR count). The van der Waals surface area contributed by atoms with E-state index in [4.69, 9.17) is 0 Å². The number of hydrogen-bond donors (Lipinski definition) is 1. The summed E-state index contributed by atoms with van der Waals surface area (Å²) in [5.41, 5.74) is 1.15. The highest BCUT2D eigenvalue weighted by Crippen LogP contribution is 2.19. The smallest absolute Gasteiger partial charge is 0.0931 e. The molecule has 0 aliphatic carbocycles. The molecule has 0 saturated carbocycles. The van der Waals surface area contributed by atoms with Gasteiger partial charge in [-0.05, 0) is 25.3 Å². The van der Waals surface area contributed by atoms with Gasteiger partial charge in [0.05, 0.1) is 5.01 Å². The summed E-state index contributed by atoms with van der Waals surface area (Å²) in [6, 6.07) is 0.569. The van der Waals surface area contributed by atoms with Crippen LogP contribution in [-0.2, 0) is 6.42 Å². The number of thiazole rings is 1. The van der Waals surface area contributed by atoms with E-state index in [2.05, 4.69) is 50.3 Å². The van der Waals surface area contributed by atoms with Crippen LogP contribution in [0.25, 0.3) is 0 Å². The van der Waals surface area contributed by atoms with Crippen LogP contribution in [0.4, 0.5) is 0 Å². The zero-order valence-corrected chi connectivity index (χ0v) is 11.9. The Morgan fingerprint density at radius 2 is 2.00 bits per heavy atom. The largest absolute Gasteiger partial charge is 0.314 e. The molecule has 0 aliphatic heterocycles. The lowest BCUT2D eigenvalue weighted by atomic mass is 9.92. The second kappa shape index (κ2) is 6.36. The Hall–Kier alpha value is -0.410. The molecular formula is C13H24N2S. The standard InChI is InChI=1S/C13H24N2S/c1-9(2)12(7-14-10(3)4)6-13-15-11(5)8-16-13/h8-10,12,14H,6-7H2,1-5H3. The van der Waals surface area contributed by atoms with Crippen LogP contribution in [0.2, 0.25) is 0 Å². The van der Waals surface area contributed by atoms with E-state index in [1.54, 1.807) is 11.3 Å². The van der Waals surface area contributed by atoms with E-state index in [0.29, 0.717) is 17.9 Å². The van der Waals surface area contributed by atoms with Crippen LogP contribution in [0.1, 0.15) is 38.4 Å². The van der Waals surface area contributed by atoms with Crippen LogP contribution >= 0.6 is 11.3 Å². The van der Waals surface area contributed by atoms with E-state index < -0.39 is 0 Å². The average molecular weight is 240 g/mol. The molecular weight excluding hydrogens is 216 g/mol. The van der Waals surface area contributed by atoms with Crippen LogP contribution < -0.4 is 5.32 Å². The van der Waals surface area contributed by atoms with E-state index in [1.807, 2.05) is 0 Å². The average Bonchev–Trinajstić information content (AvgIpc) is 2.57. The van der Waals surface area contributed by atoms with Gasteiger partial charge >= 0.3 is 0 Å². The zero-order valence-electron chi connectivity index (χ0n) is 11.1. The summed E-state index contributed by atoms with van der Waals surface area (Å²) >= 11 is 1.79.